The smallest absolute Gasteiger partial charge is 0.168 e. The first kappa shape index (κ1) is 11.7. The van der Waals surface area contributed by atoms with Crippen molar-refractivity contribution >= 4 is 21.7 Å². The van der Waals surface area contributed by atoms with Gasteiger partial charge in [0.2, 0.25) is 0 Å². The van der Waals surface area contributed by atoms with Gasteiger partial charge in [-0.1, -0.05) is 22.0 Å². The molecule has 0 fully saturated rings. The van der Waals surface area contributed by atoms with E-state index in [4.69, 9.17) is 0 Å². The molecule has 1 aliphatic rings. The molecule has 92 valence electrons. The Kier molecular flexibility index (Phi) is 3.04. The maximum absolute atomic E-state index is 12.4. The second kappa shape index (κ2) is 4.69. The molecule has 1 unspecified atom stereocenters. The van der Waals surface area contributed by atoms with E-state index in [1.807, 2.05) is 29.0 Å². The number of hydrogen-bond acceptors (Lipinski definition) is 2. The first-order valence-corrected chi connectivity index (χ1v) is 6.82. The fraction of sp³-hybridized carbons (Fsp3) is 0.286. The van der Waals surface area contributed by atoms with Gasteiger partial charge < -0.3 is 4.57 Å². The van der Waals surface area contributed by atoms with Crippen molar-refractivity contribution < 1.29 is 4.79 Å². The maximum atomic E-state index is 12.4. The van der Waals surface area contributed by atoms with E-state index in [0.29, 0.717) is 0 Å². The van der Waals surface area contributed by atoms with Gasteiger partial charge in [-0.15, -0.1) is 0 Å². The van der Waals surface area contributed by atoms with Crippen LogP contribution in [0.25, 0.3) is 0 Å². The summed E-state index contributed by atoms with van der Waals surface area (Å²) in [6.45, 7) is 0.727. The van der Waals surface area contributed by atoms with E-state index < -0.39 is 0 Å². The van der Waals surface area contributed by atoms with Crippen molar-refractivity contribution in [1.82, 2.24) is 9.55 Å². The van der Waals surface area contributed by atoms with Crippen molar-refractivity contribution in [1.29, 1.82) is 0 Å². The van der Waals surface area contributed by atoms with Crippen LogP contribution in [0.2, 0.25) is 0 Å². The summed E-state index contributed by atoms with van der Waals surface area (Å²) in [6, 6.07) is 5.99. The Hall–Kier alpha value is -1.42. The molecule has 0 saturated heterocycles. The molecule has 4 heteroatoms. The summed E-state index contributed by atoms with van der Waals surface area (Å²) in [5, 5.41) is 0. The number of carbonyl (C=O) groups excluding carboxylic acids is 1. The number of fused-ring (bicyclic) bond motifs is 1. The maximum Gasteiger partial charge on any atom is 0.168 e. The Morgan fingerprint density at radius 3 is 3.11 bits per heavy atom. The van der Waals surface area contributed by atoms with Gasteiger partial charge in [0, 0.05) is 34.9 Å². The van der Waals surface area contributed by atoms with E-state index in [1.54, 1.807) is 12.5 Å². The highest BCUT2D eigenvalue weighted by Gasteiger charge is 2.27. The SMILES string of the molecule is O=C1c2cc(Br)ccc2CCC1Cn1ccnc1. The average molecular weight is 305 g/mol. The molecular formula is C14H13BrN2O. The minimum Gasteiger partial charge on any atom is -0.337 e. The van der Waals surface area contributed by atoms with Crippen LogP contribution in [-0.4, -0.2) is 15.3 Å². The Morgan fingerprint density at radius 1 is 1.44 bits per heavy atom. The first-order chi connectivity index (χ1) is 8.74. The number of halogens is 1. The highest BCUT2D eigenvalue weighted by molar-refractivity contribution is 9.10. The topological polar surface area (TPSA) is 34.9 Å². The van der Waals surface area contributed by atoms with E-state index in [0.717, 1.165) is 29.4 Å². The van der Waals surface area contributed by atoms with E-state index in [-0.39, 0.29) is 11.7 Å². The molecule has 1 heterocycles. The van der Waals surface area contributed by atoms with Gasteiger partial charge >= 0.3 is 0 Å². The van der Waals surface area contributed by atoms with Crippen molar-refractivity contribution in [3.8, 4) is 0 Å². The van der Waals surface area contributed by atoms with Crippen LogP contribution < -0.4 is 0 Å². The second-order valence-electron chi connectivity index (χ2n) is 4.66. The van der Waals surface area contributed by atoms with Gasteiger partial charge in [-0.2, -0.15) is 0 Å². The van der Waals surface area contributed by atoms with Crippen LogP contribution in [0.3, 0.4) is 0 Å². The number of rotatable bonds is 2. The lowest BCUT2D eigenvalue weighted by molar-refractivity contribution is 0.0887. The van der Waals surface area contributed by atoms with Gasteiger partial charge in [-0.05, 0) is 30.5 Å². The zero-order valence-electron chi connectivity index (χ0n) is 9.84. The van der Waals surface area contributed by atoms with Gasteiger partial charge in [0.05, 0.1) is 6.33 Å². The number of Topliss-reactive ketones (excluding diaryl/α,β-unsaturated/α-hetero) is 1. The molecule has 3 rings (SSSR count). The summed E-state index contributed by atoms with van der Waals surface area (Å²) in [6.07, 6.45) is 7.32. The molecule has 0 radical (unpaired) electrons. The van der Waals surface area contributed by atoms with Crippen molar-refractivity contribution in [3.05, 3.63) is 52.5 Å². The number of aromatic nitrogens is 2. The zero-order chi connectivity index (χ0) is 12.5. The Morgan fingerprint density at radius 2 is 2.33 bits per heavy atom. The number of ketones is 1. The number of aryl methyl sites for hydroxylation is 1. The molecule has 2 aromatic rings. The summed E-state index contributed by atoms with van der Waals surface area (Å²) in [5.41, 5.74) is 2.05. The van der Waals surface area contributed by atoms with E-state index in [2.05, 4.69) is 20.9 Å². The molecule has 1 aliphatic carbocycles. The molecule has 0 spiro atoms. The number of imidazole rings is 1. The zero-order valence-corrected chi connectivity index (χ0v) is 11.4. The Labute approximate surface area is 114 Å². The third-order valence-corrected chi connectivity index (χ3v) is 3.95. The third-order valence-electron chi connectivity index (χ3n) is 3.46. The van der Waals surface area contributed by atoms with Crippen LogP contribution >= 0.6 is 15.9 Å². The molecule has 1 aromatic heterocycles. The van der Waals surface area contributed by atoms with Gasteiger partial charge in [-0.3, -0.25) is 4.79 Å². The summed E-state index contributed by atoms with van der Waals surface area (Å²) in [4.78, 5) is 16.5. The molecule has 1 atom stereocenters. The van der Waals surface area contributed by atoms with Crippen LogP contribution in [0.5, 0.6) is 0 Å². The Bertz CT molecular complexity index is 577. The molecule has 0 bridgehead atoms. The van der Waals surface area contributed by atoms with Gasteiger partial charge in [0.25, 0.3) is 0 Å². The van der Waals surface area contributed by atoms with Crippen LogP contribution in [0.15, 0.2) is 41.4 Å². The van der Waals surface area contributed by atoms with Gasteiger partial charge in [-0.25, -0.2) is 4.98 Å². The molecule has 18 heavy (non-hydrogen) atoms. The molecular weight excluding hydrogens is 292 g/mol. The fourth-order valence-corrected chi connectivity index (χ4v) is 2.86. The normalized spacial score (nSPS) is 18.7. The quantitative estimate of drug-likeness (QED) is 0.854. The second-order valence-corrected chi connectivity index (χ2v) is 5.58. The molecule has 0 saturated carbocycles. The van der Waals surface area contributed by atoms with Gasteiger partial charge in [0.15, 0.2) is 5.78 Å². The standard InChI is InChI=1S/C14H13BrN2O/c15-12-4-3-10-1-2-11(14(18)13(10)7-12)8-17-6-5-16-9-17/h3-7,9,11H,1-2,8H2. The highest BCUT2D eigenvalue weighted by Crippen LogP contribution is 2.28. The van der Waals surface area contributed by atoms with E-state index in [9.17, 15) is 4.79 Å². The summed E-state index contributed by atoms with van der Waals surface area (Å²) in [5.74, 6) is 0.326. The average Bonchev–Trinajstić information content (AvgIpc) is 2.86. The highest BCUT2D eigenvalue weighted by atomic mass is 79.9. The predicted octanol–water partition coefficient (Wildman–Crippen LogP) is 3.09. The van der Waals surface area contributed by atoms with Crippen molar-refractivity contribution in [3.63, 3.8) is 0 Å². The van der Waals surface area contributed by atoms with E-state index >= 15 is 0 Å². The van der Waals surface area contributed by atoms with Crippen molar-refractivity contribution in [2.24, 2.45) is 5.92 Å². The van der Waals surface area contributed by atoms with Crippen molar-refractivity contribution in [2.45, 2.75) is 19.4 Å². The molecule has 0 aliphatic heterocycles. The monoisotopic (exact) mass is 304 g/mol. The van der Waals surface area contributed by atoms with Crippen LogP contribution in [0, 0.1) is 5.92 Å². The Balaban J connectivity index is 1.87. The van der Waals surface area contributed by atoms with E-state index in [1.165, 1.54) is 5.56 Å². The summed E-state index contributed by atoms with van der Waals surface area (Å²) >= 11 is 3.43. The minimum absolute atomic E-state index is 0.0704. The van der Waals surface area contributed by atoms with Crippen molar-refractivity contribution in [2.75, 3.05) is 0 Å². The summed E-state index contributed by atoms with van der Waals surface area (Å²) in [7, 11) is 0. The molecule has 1 aromatic carbocycles. The fourth-order valence-electron chi connectivity index (χ4n) is 2.50. The van der Waals surface area contributed by atoms with Crippen LogP contribution in [-0.2, 0) is 13.0 Å². The van der Waals surface area contributed by atoms with Gasteiger partial charge in [0.1, 0.15) is 0 Å². The minimum atomic E-state index is 0.0704. The van der Waals surface area contributed by atoms with Crippen LogP contribution in [0.4, 0.5) is 0 Å². The summed E-state index contributed by atoms with van der Waals surface area (Å²) < 4.78 is 2.95. The number of hydrogen-bond donors (Lipinski definition) is 0. The largest absolute Gasteiger partial charge is 0.337 e. The molecule has 0 amide bonds. The van der Waals surface area contributed by atoms with Crippen LogP contribution in [0.1, 0.15) is 22.3 Å². The molecule has 0 N–H and O–H groups in total. The molecule has 3 nitrogen and oxygen atoms in total. The first-order valence-electron chi connectivity index (χ1n) is 6.02. The lowest BCUT2D eigenvalue weighted by Crippen LogP contribution is -2.26. The predicted molar refractivity (Wildman–Crippen MR) is 72.5 cm³/mol. The third kappa shape index (κ3) is 2.12. The number of benzene rings is 1. The lowest BCUT2D eigenvalue weighted by Gasteiger charge is -2.23. The lowest BCUT2D eigenvalue weighted by atomic mass is 9.83. The number of nitrogens with zero attached hydrogens (tertiary/aromatic N) is 2. The number of carbonyl (C=O) groups is 1.